The zero-order valence-corrected chi connectivity index (χ0v) is 8.78. The highest BCUT2D eigenvalue weighted by Crippen LogP contribution is 2.17. The molecule has 0 fully saturated rings. The van der Waals surface area contributed by atoms with Gasteiger partial charge in [0.25, 0.3) is 0 Å². The third-order valence-electron chi connectivity index (χ3n) is 2.50. The van der Waals surface area contributed by atoms with E-state index in [0.29, 0.717) is 0 Å². The van der Waals surface area contributed by atoms with Crippen molar-refractivity contribution in [3.8, 4) is 0 Å². The molecular weight excluding hydrogens is 176 g/mol. The van der Waals surface area contributed by atoms with E-state index in [1.54, 1.807) is 4.68 Å². The van der Waals surface area contributed by atoms with Crippen molar-refractivity contribution in [3.05, 3.63) is 17.3 Å². The van der Waals surface area contributed by atoms with Crippen molar-refractivity contribution >= 4 is 11.2 Å². The minimum absolute atomic E-state index is 0.863. The Labute approximate surface area is 83.0 Å². The van der Waals surface area contributed by atoms with Gasteiger partial charge in [-0.15, -0.1) is 5.10 Å². The Kier molecular flexibility index (Phi) is 2.19. The monoisotopic (exact) mass is 190 g/mol. The van der Waals surface area contributed by atoms with Gasteiger partial charge in [0.1, 0.15) is 5.52 Å². The molecule has 0 aromatic carbocycles. The molecule has 2 rings (SSSR count). The third kappa shape index (κ3) is 1.27. The molecule has 0 saturated carbocycles. The number of pyridine rings is 1. The molecule has 0 N–H and O–H groups in total. The van der Waals surface area contributed by atoms with Crippen LogP contribution in [0.3, 0.4) is 0 Å². The normalized spacial score (nSPS) is 11.1. The number of hydrogen-bond acceptors (Lipinski definition) is 3. The van der Waals surface area contributed by atoms with Crippen molar-refractivity contribution in [1.82, 2.24) is 20.0 Å². The number of fused-ring (bicyclic) bond motifs is 1. The number of hydrogen-bond donors (Lipinski definition) is 0. The fourth-order valence-electron chi connectivity index (χ4n) is 1.65. The lowest BCUT2D eigenvalue weighted by molar-refractivity contribution is 0.729. The minimum Gasteiger partial charge on any atom is -0.235 e. The van der Waals surface area contributed by atoms with Gasteiger partial charge >= 0.3 is 0 Å². The maximum atomic E-state index is 4.36. The van der Waals surface area contributed by atoms with E-state index in [0.717, 1.165) is 24.0 Å². The molecule has 0 atom stereocenters. The number of rotatable bonds is 2. The Morgan fingerprint density at radius 2 is 2.21 bits per heavy atom. The SMILES string of the molecule is CCCc1cnc2c(nnn2C)c1C. The van der Waals surface area contributed by atoms with Gasteiger partial charge in [0.05, 0.1) is 0 Å². The maximum Gasteiger partial charge on any atom is 0.178 e. The summed E-state index contributed by atoms with van der Waals surface area (Å²) in [5.74, 6) is 0. The van der Waals surface area contributed by atoms with E-state index in [9.17, 15) is 0 Å². The van der Waals surface area contributed by atoms with E-state index in [1.807, 2.05) is 13.2 Å². The van der Waals surface area contributed by atoms with Crippen molar-refractivity contribution in [1.29, 1.82) is 0 Å². The molecule has 2 aromatic heterocycles. The lowest BCUT2D eigenvalue weighted by Gasteiger charge is -2.03. The summed E-state index contributed by atoms with van der Waals surface area (Å²) in [6.07, 6.45) is 4.13. The molecule has 0 unspecified atom stereocenters. The molecule has 0 bridgehead atoms. The highest BCUT2D eigenvalue weighted by Gasteiger charge is 2.08. The topological polar surface area (TPSA) is 43.6 Å². The van der Waals surface area contributed by atoms with Crippen LogP contribution < -0.4 is 0 Å². The quantitative estimate of drug-likeness (QED) is 0.722. The molecule has 14 heavy (non-hydrogen) atoms. The zero-order chi connectivity index (χ0) is 10.1. The third-order valence-corrected chi connectivity index (χ3v) is 2.50. The van der Waals surface area contributed by atoms with E-state index in [-0.39, 0.29) is 0 Å². The molecule has 2 aromatic rings. The Hall–Kier alpha value is -1.45. The van der Waals surface area contributed by atoms with Crippen LogP contribution in [0.5, 0.6) is 0 Å². The lowest BCUT2D eigenvalue weighted by Crippen LogP contribution is -1.95. The summed E-state index contributed by atoms with van der Waals surface area (Å²) in [4.78, 5) is 4.36. The standard InChI is InChI=1S/C10H14N4/c1-4-5-8-6-11-10-9(7(8)2)12-13-14(10)3/h6H,4-5H2,1-3H3. The largest absolute Gasteiger partial charge is 0.235 e. The van der Waals surface area contributed by atoms with Crippen LogP contribution in [-0.2, 0) is 13.5 Å². The average molecular weight is 190 g/mol. The molecule has 0 radical (unpaired) electrons. The maximum absolute atomic E-state index is 4.36. The molecule has 4 nitrogen and oxygen atoms in total. The van der Waals surface area contributed by atoms with Crippen molar-refractivity contribution in [2.75, 3.05) is 0 Å². The molecular formula is C10H14N4. The van der Waals surface area contributed by atoms with Crippen LogP contribution in [0.4, 0.5) is 0 Å². The van der Waals surface area contributed by atoms with Gasteiger partial charge < -0.3 is 0 Å². The van der Waals surface area contributed by atoms with E-state index in [1.165, 1.54) is 11.1 Å². The van der Waals surface area contributed by atoms with Crippen LogP contribution >= 0.6 is 0 Å². The molecule has 0 aliphatic rings. The summed E-state index contributed by atoms with van der Waals surface area (Å²) in [7, 11) is 1.86. The molecule has 0 aliphatic heterocycles. The number of nitrogens with zero attached hydrogens (tertiary/aromatic N) is 4. The first kappa shape index (κ1) is 9.12. The van der Waals surface area contributed by atoms with Crippen LogP contribution in [0, 0.1) is 6.92 Å². The van der Waals surface area contributed by atoms with Crippen molar-refractivity contribution in [2.45, 2.75) is 26.7 Å². The average Bonchev–Trinajstić information content (AvgIpc) is 2.54. The highest BCUT2D eigenvalue weighted by atomic mass is 15.4. The summed E-state index contributed by atoms with van der Waals surface area (Å²) in [6.45, 7) is 4.25. The zero-order valence-electron chi connectivity index (χ0n) is 8.78. The summed E-state index contributed by atoms with van der Waals surface area (Å²) < 4.78 is 1.71. The van der Waals surface area contributed by atoms with E-state index in [4.69, 9.17) is 0 Å². The van der Waals surface area contributed by atoms with Gasteiger partial charge in [0.15, 0.2) is 5.65 Å². The molecule has 0 amide bonds. The molecule has 74 valence electrons. The number of aromatic nitrogens is 4. The number of aryl methyl sites for hydroxylation is 3. The van der Waals surface area contributed by atoms with Crippen LogP contribution in [-0.4, -0.2) is 20.0 Å². The van der Waals surface area contributed by atoms with Gasteiger partial charge in [-0.3, -0.25) is 0 Å². The van der Waals surface area contributed by atoms with Crippen molar-refractivity contribution < 1.29 is 0 Å². The Bertz CT molecular complexity index is 458. The van der Waals surface area contributed by atoms with Crippen LogP contribution in [0.25, 0.3) is 11.2 Å². The lowest BCUT2D eigenvalue weighted by atomic mass is 10.1. The smallest absolute Gasteiger partial charge is 0.178 e. The fraction of sp³-hybridized carbons (Fsp3) is 0.500. The van der Waals surface area contributed by atoms with Gasteiger partial charge in [0, 0.05) is 13.2 Å². The minimum atomic E-state index is 0.863. The Morgan fingerprint density at radius 3 is 2.93 bits per heavy atom. The van der Waals surface area contributed by atoms with E-state index >= 15 is 0 Å². The highest BCUT2D eigenvalue weighted by molar-refractivity contribution is 5.74. The molecule has 4 heteroatoms. The van der Waals surface area contributed by atoms with Crippen LogP contribution in [0.1, 0.15) is 24.5 Å². The molecule has 2 heterocycles. The Morgan fingerprint density at radius 1 is 1.43 bits per heavy atom. The van der Waals surface area contributed by atoms with Crippen LogP contribution in [0.15, 0.2) is 6.20 Å². The summed E-state index contributed by atoms with van der Waals surface area (Å²) >= 11 is 0. The predicted octanol–water partition coefficient (Wildman–Crippen LogP) is 1.62. The van der Waals surface area contributed by atoms with E-state index in [2.05, 4.69) is 29.1 Å². The summed E-state index contributed by atoms with van der Waals surface area (Å²) in [6, 6.07) is 0. The first-order chi connectivity index (χ1) is 6.74. The summed E-state index contributed by atoms with van der Waals surface area (Å²) in [5.41, 5.74) is 4.28. The Balaban J connectivity index is 2.63. The molecule has 0 aliphatic carbocycles. The van der Waals surface area contributed by atoms with Crippen LogP contribution in [0.2, 0.25) is 0 Å². The van der Waals surface area contributed by atoms with Gasteiger partial charge in [-0.2, -0.15) is 0 Å². The molecule has 0 spiro atoms. The van der Waals surface area contributed by atoms with Crippen molar-refractivity contribution in [3.63, 3.8) is 0 Å². The van der Waals surface area contributed by atoms with Gasteiger partial charge in [0.2, 0.25) is 0 Å². The first-order valence-corrected chi connectivity index (χ1v) is 4.88. The van der Waals surface area contributed by atoms with Crippen molar-refractivity contribution in [2.24, 2.45) is 7.05 Å². The van der Waals surface area contributed by atoms with Gasteiger partial charge in [-0.05, 0) is 24.5 Å². The summed E-state index contributed by atoms with van der Waals surface area (Å²) in [5, 5.41) is 8.07. The second-order valence-electron chi connectivity index (χ2n) is 3.54. The predicted molar refractivity (Wildman–Crippen MR) is 55.0 cm³/mol. The second kappa shape index (κ2) is 3.36. The van der Waals surface area contributed by atoms with E-state index < -0.39 is 0 Å². The second-order valence-corrected chi connectivity index (χ2v) is 3.54. The van der Waals surface area contributed by atoms with Gasteiger partial charge in [-0.1, -0.05) is 18.6 Å². The fourth-order valence-corrected chi connectivity index (χ4v) is 1.65. The first-order valence-electron chi connectivity index (χ1n) is 4.88. The molecule has 0 saturated heterocycles. The van der Waals surface area contributed by atoms with Gasteiger partial charge in [-0.25, -0.2) is 9.67 Å².